The Bertz CT molecular complexity index is 118. The van der Waals surface area contributed by atoms with Gasteiger partial charge in [0.1, 0.15) is 0 Å². The van der Waals surface area contributed by atoms with Gasteiger partial charge < -0.3 is 11.5 Å². The van der Waals surface area contributed by atoms with Gasteiger partial charge in [0.2, 0.25) is 0 Å². The fraction of sp³-hybridized carbons (Fsp3) is 1.00. The van der Waals surface area contributed by atoms with E-state index in [-0.39, 0.29) is 0 Å². The van der Waals surface area contributed by atoms with Crippen molar-refractivity contribution in [2.75, 3.05) is 13.1 Å². The van der Waals surface area contributed by atoms with Crippen molar-refractivity contribution in [3.05, 3.63) is 0 Å². The van der Waals surface area contributed by atoms with Gasteiger partial charge in [-0.2, -0.15) is 0 Å². The summed E-state index contributed by atoms with van der Waals surface area (Å²) in [6.07, 6.45) is 2.51. The Hall–Kier alpha value is -0.0800. The highest BCUT2D eigenvalue weighted by Crippen LogP contribution is 2.43. The monoisotopic (exact) mass is 156 g/mol. The summed E-state index contributed by atoms with van der Waals surface area (Å²) >= 11 is 0. The maximum atomic E-state index is 5.67. The van der Waals surface area contributed by atoms with E-state index in [9.17, 15) is 0 Å². The van der Waals surface area contributed by atoms with Crippen molar-refractivity contribution in [3.63, 3.8) is 0 Å². The Morgan fingerprint density at radius 3 is 1.73 bits per heavy atom. The summed E-state index contributed by atoms with van der Waals surface area (Å²) in [5, 5.41) is 0. The maximum Gasteiger partial charge on any atom is -0.00455 e. The zero-order valence-electron chi connectivity index (χ0n) is 7.64. The van der Waals surface area contributed by atoms with E-state index in [1.165, 1.54) is 12.8 Å². The minimum atomic E-state index is 0.480. The molecular formula is C9H20N2. The van der Waals surface area contributed by atoms with Crippen molar-refractivity contribution in [1.29, 1.82) is 0 Å². The van der Waals surface area contributed by atoms with Gasteiger partial charge in [-0.15, -0.1) is 0 Å². The Balaban J connectivity index is 2.55. The average Bonchev–Trinajstić information content (AvgIpc) is 2.25. The highest BCUT2D eigenvalue weighted by Gasteiger charge is 2.37. The van der Waals surface area contributed by atoms with E-state index >= 15 is 0 Å². The number of hydrogen-bond donors (Lipinski definition) is 2. The Kier molecular flexibility index (Phi) is 2.55. The summed E-state index contributed by atoms with van der Waals surface area (Å²) in [4.78, 5) is 0. The van der Waals surface area contributed by atoms with Crippen molar-refractivity contribution in [1.82, 2.24) is 0 Å². The molecule has 0 amide bonds. The van der Waals surface area contributed by atoms with Gasteiger partial charge in [-0.25, -0.2) is 0 Å². The van der Waals surface area contributed by atoms with Crippen molar-refractivity contribution >= 4 is 0 Å². The van der Waals surface area contributed by atoms with E-state index < -0.39 is 0 Å². The molecule has 2 heteroatoms. The molecule has 4 N–H and O–H groups in total. The van der Waals surface area contributed by atoms with E-state index in [4.69, 9.17) is 11.5 Å². The van der Waals surface area contributed by atoms with E-state index in [0.717, 1.165) is 13.1 Å². The molecule has 0 aliphatic heterocycles. The summed E-state index contributed by atoms with van der Waals surface area (Å²) in [6.45, 7) is 6.24. The summed E-state index contributed by atoms with van der Waals surface area (Å²) < 4.78 is 0. The first kappa shape index (κ1) is 9.01. The van der Waals surface area contributed by atoms with Crippen LogP contribution < -0.4 is 11.5 Å². The van der Waals surface area contributed by atoms with E-state index in [1.54, 1.807) is 0 Å². The zero-order chi connectivity index (χ0) is 8.48. The van der Waals surface area contributed by atoms with Crippen LogP contribution in [0.4, 0.5) is 0 Å². The van der Waals surface area contributed by atoms with Gasteiger partial charge in [0.25, 0.3) is 0 Å². The van der Waals surface area contributed by atoms with Crippen LogP contribution in [0.5, 0.6) is 0 Å². The van der Waals surface area contributed by atoms with Crippen molar-refractivity contribution in [3.8, 4) is 0 Å². The predicted octanol–water partition coefficient (Wildman–Crippen LogP) is 0.956. The van der Waals surface area contributed by atoms with E-state index in [0.29, 0.717) is 17.3 Å². The molecule has 1 aliphatic rings. The van der Waals surface area contributed by atoms with Crippen LogP contribution in [0.25, 0.3) is 0 Å². The molecule has 1 aliphatic carbocycles. The summed E-state index contributed by atoms with van der Waals surface area (Å²) in [5.74, 6) is 1.35. The number of rotatable bonds is 2. The van der Waals surface area contributed by atoms with Gasteiger partial charge in [-0.1, -0.05) is 13.8 Å². The second-order valence-electron chi connectivity index (χ2n) is 4.56. The third-order valence-electron chi connectivity index (χ3n) is 2.90. The molecule has 0 aromatic carbocycles. The molecule has 2 nitrogen and oxygen atoms in total. The van der Waals surface area contributed by atoms with Crippen LogP contribution in [-0.4, -0.2) is 13.1 Å². The van der Waals surface area contributed by atoms with Crippen LogP contribution in [0.1, 0.15) is 26.7 Å². The quantitative estimate of drug-likeness (QED) is 0.625. The van der Waals surface area contributed by atoms with E-state index in [2.05, 4.69) is 13.8 Å². The molecule has 0 unspecified atom stereocenters. The second-order valence-corrected chi connectivity index (χ2v) is 4.56. The normalized spacial score (nSPS) is 36.0. The highest BCUT2D eigenvalue weighted by molar-refractivity contribution is 4.89. The number of hydrogen-bond acceptors (Lipinski definition) is 2. The second kappa shape index (κ2) is 3.11. The van der Waals surface area contributed by atoms with E-state index in [1.807, 2.05) is 0 Å². The minimum Gasteiger partial charge on any atom is -0.330 e. The molecule has 0 heterocycles. The lowest BCUT2D eigenvalue weighted by atomic mass is 9.90. The standard InChI is InChI=1S/C9H20N2/c1-9(2)3-7(5-10)8(4-9)6-11/h7-8H,3-6,10-11H2,1-2H3/t7-,8-/m0/s1. The largest absolute Gasteiger partial charge is 0.330 e. The molecule has 0 aromatic rings. The molecule has 0 spiro atoms. The lowest BCUT2D eigenvalue weighted by Crippen LogP contribution is -2.24. The molecule has 66 valence electrons. The van der Waals surface area contributed by atoms with Crippen molar-refractivity contribution < 1.29 is 0 Å². The van der Waals surface area contributed by atoms with Gasteiger partial charge in [-0.3, -0.25) is 0 Å². The third-order valence-corrected chi connectivity index (χ3v) is 2.90. The smallest absolute Gasteiger partial charge is 0.00455 e. The van der Waals surface area contributed by atoms with Crippen LogP contribution in [0, 0.1) is 17.3 Å². The molecule has 1 saturated carbocycles. The Morgan fingerprint density at radius 1 is 1.09 bits per heavy atom. The lowest BCUT2D eigenvalue weighted by Gasteiger charge is -2.15. The lowest BCUT2D eigenvalue weighted by molar-refractivity contribution is 0.360. The topological polar surface area (TPSA) is 52.0 Å². The first-order chi connectivity index (χ1) is 5.09. The summed E-state index contributed by atoms with van der Waals surface area (Å²) in [5.41, 5.74) is 11.8. The minimum absolute atomic E-state index is 0.480. The Labute approximate surface area is 69.3 Å². The van der Waals surface area contributed by atoms with Gasteiger partial charge >= 0.3 is 0 Å². The van der Waals surface area contributed by atoms with Gasteiger partial charge in [0.05, 0.1) is 0 Å². The molecule has 1 rings (SSSR count). The summed E-state index contributed by atoms with van der Waals surface area (Å²) in [7, 11) is 0. The first-order valence-corrected chi connectivity index (χ1v) is 4.49. The van der Waals surface area contributed by atoms with Crippen LogP contribution in [0.2, 0.25) is 0 Å². The highest BCUT2D eigenvalue weighted by atomic mass is 14.6. The molecule has 1 fully saturated rings. The first-order valence-electron chi connectivity index (χ1n) is 4.49. The predicted molar refractivity (Wildman–Crippen MR) is 48.1 cm³/mol. The molecule has 11 heavy (non-hydrogen) atoms. The van der Waals surface area contributed by atoms with Crippen LogP contribution in [0.15, 0.2) is 0 Å². The fourth-order valence-electron chi connectivity index (χ4n) is 2.39. The van der Waals surface area contributed by atoms with Crippen molar-refractivity contribution in [2.45, 2.75) is 26.7 Å². The molecular weight excluding hydrogens is 136 g/mol. The van der Waals surface area contributed by atoms with Crippen LogP contribution in [0.3, 0.4) is 0 Å². The SMILES string of the molecule is CC1(C)C[C@@H](CN)[C@H](CN)C1. The molecule has 0 bridgehead atoms. The van der Waals surface area contributed by atoms with Crippen molar-refractivity contribution in [2.24, 2.45) is 28.7 Å². The third kappa shape index (κ3) is 1.94. The van der Waals surface area contributed by atoms with Crippen LogP contribution in [-0.2, 0) is 0 Å². The molecule has 0 saturated heterocycles. The van der Waals surface area contributed by atoms with Crippen LogP contribution >= 0.6 is 0 Å². The summed E-state index contributed by atoms with van der Waals surface area (Å²) in [6, 6.07) is 0. The number of nitrogens with two attached hydrogens (primary N) is 2. The van der Waals surface area contributed by atoms with Gasteiger partial charge in [0, 0.05) is 0 Å². The molecule has 2 atom stereocenters. The zero-order valence-corrected chi connectivity index (χ0v) is 7.64. The molecule has 0 aromatic heterocycles. The fourth-order valence-corrected chi connectivity index (χ4v) is 2.39. The molecule has 0 radical (unpaired) electrons. The maximum absolute atomic E-state index is 5.67. The average molecular weight is 156 g/mol. The van der Waals surface area contributed by atoms with Gasteiger partial charge in [-0.05, 0) is 43.2 Å². The Morgan fingerprint density at radius 2 is 1.45 bits per heavy atom. The van der Waals surface area contributed by atoms with Gasteiger partial charge in [0.15, 0.2) is 0 Å².